The second kappa shape index (κ2) is 9.39. The van der Waals surface area contributed by atoms with Gasteiger partial charge in [0, 0.05) is 23.5 Å². The van der Waals surface area contributed by atoms with Crippen molar-refractivity contribution in [2.45, 2.75) is 16.3 Å². The predicted octanol–water partition coefficient (Wildman–Crippen LogP) is 4.78. The fourth-order valence-electron chi connectivity index (χ4n) is 2.72. The number of carbonyl (C=O) groups is 2. The molecule has 1 aromatic heterocycles. The zero-order valence-corrected chi connectivity index (χ0v) is 17.3. The molecule has 0 radical (unpaired) electrons. The average Bonchev–Trinajstić information content (AvgIpc) is 3.09. The fraction of sp³-hybridized carbons (Fsp3) is 0.200. The van der Waals surface area contributed by atoms with Gasteiger partial charge in [-0.3, -0.25) is 0 Å². The molecule has 1 atom stereocenters. The van der Waals surface area contributed by atoms with Crippen molar-refractivity contribution in [2.24, 2.45) is 0 Å². The molecular weight excluding hydrogens is 439 g/mol. The summed E-state index contributed by atoms with van der Waals surface area (Å²) in [4.78, 5) is 28.0. The van der Waals surface area contributed by atoms with Gasteiger partial charge in [0.2, 0.25) is 3.79 Å². The van der Waals surface area contributed by atoms with Crippen LogP contribution in [0.5, 0.6) is 5.75 Å². The highest BCUT2D eigenvalue weighted by Crippen LogP contribution is 2.26. The lowest BCUT2D eigenvalue weighted by molar-refractivity contribution is -0.136. The van der Waals surface area contributed by atoms with Gasteiger partial charge in [-0.2, -0.15) is 0 Å². The van der Waals surface area contributed by atoms with Gasteiger partial charge in [-0.05, 0) is 23.8 Å². The highest BCUT2D eigenvalue weighted by atomic mass is 35.6. The van der Waals surface area contributed by atoms with Crippen molar-refractivity contribution in [3.8, 4) is 5.75 Å². The number of halogens is 3. The van der Waals surface area contributed by atoms with Crippen molar-refractivity contribution in [1.82, 2.24) is 10.3 Å². The maximum Gasteiger partial charge on any atom is 0.408 e. The minimum atomic E-state index is -1.76. The number of alkyl halides is 3. The number of hydrogen-bond acceptors (Lipinski definition) is 4. The number of aromatic amines is 1. The van der Waals surface area contributed by atoms with Crippen LogP contribution >= 0.6 is 34.8 Å². The van der Waals surface area contributed by atoms with E-state index < -0.39 is 28.5 Å². The van der Waals surface area contributed by atoms with Crippen LogP contribution in [0.4, 0.5) is 4.79 Å². The second-order valence-corrected chi connectivity index (χ2v) is 8.70. The summed E-state index contributed by atoms with van der Waals surface area (Å²) < 4.78 is 8.51. The standard InChI is InChI=1S/C20H17Cl3N2O4/c21-20(22,23)12-28-19(27)25-17(18(26)29-14-6-2-1-3-7-14)10-13-11-24-16-9-5-4-8-15(13)16/h1-9,11,17,24H,10,12H2,(H,25,27)/t17-/m0/s1. The third kappa shape index (κ3) is 6.29. The SMILES string of the molecule is O=C(N[C@@H](Cc1c[nH]c2ccccc12)C(=O)Oc1ccccc1)OCC(Cl)(Cl)Cl. The molecule has 0 spiro atoms. The summed E-state index contributed by atoms with van der Waals surface area (Å²) in [5.74, 6) is -0.287. The molecule has 9 heteroatoms. The Morgan fingerprint density at radius 3 is 2.45 bits per heavy atom. The molecule has 0 aliphatic heterocycles. The van der Waals surface area contributed by atoms with Crippen LogP contribution in [-0.4, -0.2) is 33.5 Å². The molecule has 2 N–H and O–H groups in total. The summed E-state index contributed by atoms with van der Waals surface area (Å²) in [6.45, 7) is -0.461. The Morgan fingerprint density at radius 1 is 1.03 bits per heavy atom. The van der Waals surface area contributed by atoms with Gasteiger partial charge in [0.25, 0.3) is 0 Å². The van der Waals surface area contributed by atoms with Gasteiger partial charge >= 0.3 is 12.1 Å². The molecule has 0 bridgehead atoms. The van der Waals surface area contributed by atoms with Crippen molar-refractivity contribution in [1.29, 1.82) is 0 Å². The molecule has 3 aromatic rings. The Morgan fingerprint density at radius 2 is 1.72 bits per heavy atom. The number of esters is 1. The van der Waals surface area contributed by atoms with Gasteiger partial charge in [-0.15, -0.1) is 0 Å². The maximum absolute atomic E-state index is 12.7. The molecular formula is C20H17Cl3N2O4. The lowest BCUT2D eigenvalue weighted by Crippen LogP contribution is -2.45. The quantitative estimate of drug-likeness (QED) is 0.318. The van der Waals surface area contributed by atoms with Crippen molar-refractivity contribution in [3.05, 3.63) is 66.4 Å². The van der Waals surface area contributed by atoms with Gasteiger partial charge in [-0.1, -0.05) is 71.2 Å². The predicted molar refractivity (Wildman–Crippen MR) is 113 cm³/mol. The molecule has 3 rings (SSSR count). The molecule has 1 heterocycles. The third-order valence-corrected chi connectivity index (χ3v) is 4.33. The van der Waals surface area contributed by atoms with E-state index in [1.807, 2.05) is 24.3 Å². The van der Waals surface area contributed by atoms with Gasteiger partial charge in [0.05, 0.1) is 0 Å². The number of fused-ring (bicyclic) bond motifs is 1. The molecule has 6 nitrogen and oxygen atoms in total. The van der Waals surface area contributed by atoms with Crippen LogP contribution in [0.1, 0.15) is 5.56 Å². The van der Waals surface area contributed by atoms with E-state index in [0.717, 1.165) is 16.5 Å². The largest absolute Gasteiger partial charge is 0.445 e. The number of alkyl carbamates (subject to hydrolysis) is 1. The molecule has 152 valence electrons. The monoisotopic (exact) mass is 454 g/mol. The van der Waals surface area contributed by atoms with E-state index in [1.54, 1.807) is 36.5 Å². The molecule has 0 fully saturated rings. The molecule has 29 heavy (non-hydrogen) atoms. The summed E-state index contributed by atoms with van der Waals surface area (Å²) in [5, 5.41) is 3.42. The van der Waals surface area contributed by atoms with Gasteiger partial charge in [-0.25, -0.2) is 9.59 Å². The normalized spacial score (nSPS) is 12.4. The first-order valence-electron chi connectivity index (χ1n) is 8.63. The number of para-hydroxylation sites is 2. The number of ether oxygens (including phenoxy) is 2. The first-order valence-corrected chi connectivity index (χ1v) is 9.77. The van der Waals surface area contributed by atoms with Crippen LogP contribution in [0.25, 0.3) is 10.9 Å². The Balaban J connectivity index is 1.76. The molecule has 0 aliphatic rings. The van der Waals surface area contributed by atoms with E-state index in [2.05, 4.69) is 10.3 Å². The highest BCUT2D eigenvalue weighted by Gasteiger charge is 2.27. The lowest BCUT2D eigenvalue weighted by atomic mass is 10.1. The Hall–Kier alpha value is -2.41. The number of carbonyl (C=O) groups excluding carboxylic acids is 2. The number of amides is 1. The molecule has 0 aliphatic carbocycles. The summed E-state index contributed by atoms with van der Waals surface area (Å²) in [5.41, 5.74) is 1.74. The highest BCUT2D eigenvalue weighted by molar-refractivity contribution is 6.67. The fourth-order valence-corrected chi connectivity index (χ4v) is 2.88. The van der Waals surface area contributed by atoms with Crippen LogP contribution in [0.3, 0.4) is 0 Å². The number of hydrogen-bond donors (Lipinski definition) is 2. The molecule has 2 aromatic carbocycles. The maximum atomic E-state index is 12.7. The number of H-pyrrole nitrogens is 1. The average molecular weight is 456 g/mol. The van der Waals surface area contributed by atoms with Gasteiger partial charge < -0.3 is 19.8 Å². The van der Waals surface area contributed by atoms with Crippen molar-refractivity contribution in [3.63, 3.8) is 0 Å². The topological polar surface area (TPSA) is 80.4 Å². The number of aromatic nitrogens is 1. The van der Waals surface area contributed by atoms with Gasteiger partial charge in [0.1, 0.15) is 18.4 Å². The Labute approximate surface area is 182 Å². The van der Waals surface area contributed by atoms with Crippen LogP contribution in [0.2, 0.25) is 0 Å². The minimum absolute atomic E-state index is 0.179. The van der Waals surface area contributed by atoms with Crippen LogP contribution in [0.15, 0.2) is 60.8 Å². The van der Waals surface area contributed by atoms with Crippen LogP contribution < -0.4 is 10.1 Å². The van der Waals surface area contributed by atoms with E-state index in [9.17, 15) is 9.59 Å². The smallest absolute Gasteiger partial charge is 0.408 e. The van der Waals surface area contributed by atoms with E-state index >= 15 is 0 Å². The summed E-state index contributed by atoms with van der Waals surface area (Å²) in [7, 11) is 0. The summed E-state index contributed by atoms with van der Waals surface area (Å²) in [6.07, 6.45) is 1.06. The number of benzene rings is 2. The second-order valence-electron chi connectivity index (χ2n) is 6.19. The minimum Gasteiger partial charge on any atom is -0.445 e. The molecule has 0 saturated heterocycles. The van der Waals surface area contributed by atoms with E-state index in [-0.39, 0.29) is 6.42 Å². The number of nitrogens with one attached hydrogen (secondary N) is 2. The third-order valence-electron chi connectivity index (χ3n) is 4.00. The first kappa shape index (κ1) is 21.3. The Kier molecular flexibility index (Phi) is 6.90. The molecule has 0 unspecified atom stereocenters. The van der Waals surface area contributed by atoms with Gasteiger partial charge in [0.15, 0.2) is 0 Å². The van der Waals surface area contributed by atoms with E-state index in [4.69, 9.17) is 44.3 Å². The molecule has 1 amide bonds. The van der Waals surface area contributed by atoms with Crippen LogP contribution in [0, 0.1) is 0 Å². The van der Waals surface area contributed by atoms with Crippen LogP contribution in [-0.2, 0) is 16.0 Å². The van der Waals surface area contributed by atoms with E-state index in [0.29, 0.717) is 5.75 Å². The first-order chi connectivity index (χ1) is 13.8. The van der Waals surface area contributed by atoms with Crippen molar-refractivity contribution in [2.75, 3.05) is 6.61 Å². The van der Waals surface area contributed by atoms with Crippen molar-refractivity contribution >= 4 is 57.8 Å². The lowest BCUT2D eigenvalue weighted by Gasteiger charge is -2.18. The molecule has 0 saturated carbocycles. The summed E-state index contributed by atoms with van der Waals surface area (Å²) >= 11 is 16.8. The summed E-state index contributed by atoms with van der Waals surface area (Å²) in [6, 6.07) is 15.2. The Bertz CT molecular complexity index is 986. The number of rotatable bonds is 6. The zero-order valence-electron chi connectivity index (χ0n) is 15.0. The zero-order chi connectivity index (χ0) is 20.9. The van der Waals surface area contributed by atoms with Crippen molar-refractivity contribution < 1.29 is 19.1 Å². The van der Waals surface area contributed by atoms with E-state index in [1.165, 1.54) is 0 Å².